The number of esters is 2. The molecule has 0 amide bonds. The van der Waals surface area contributed by atoms with Crippen molar-refractivity contribution in [1.29, 1.82) is 0 Å². The number of hydrogen-bond acceptors (Lipinski definition) is 5. The molecule has 0 aliphatic carbocycles. The van der Waals surface area contributed by atoms with Crippen LogP contribution in [0.2, 0.25) is 0 Å². The van der Waals surface area contributed by atoms with Gasteiger partial charge in [0, 0.05) is 12.8 Å². The maximum absolute atomic E-state index is 12.1. The smallest absolute Gasteiger partial charge is 0.306 e. The van der Waals surface area contributed by atoms with Crippen molar-refractivity contribution < 1.29 is 24.2 Å². The van der Waals surface area contributed by atoms with Crippen molar-refractivity contribution in [3.8, 4) is 0 Å². The van der Waals surface area contributed by atoms with E-state index in [9.17, 15) is 14.7 Å². The second-order valence-corrected chi connectivity index (χ2v) is 13.0. The van der Waals surface area contributed by atoms with Crippen LogP contribution < -0.4 is 0 Å². The summed E-state index contributed by atoms with van der Waals surface area (Å²) in [6.07, 6.45) is 39.8. The minimum absolute atomic E-state index is 0.0633. The van der Waals surface area contributed by atoms with E-state index in [-0.39, 0.29) is 25.2 Å². The number of allylic oxidation sites excluding steroid dienone is 2. The fourth-order valence-electron chi connectivity index (χ4n) is 5.61. The lowest BCUT2D eigenvalue weighted by Crippen LogP contribution is -2.28. The van der Waals surface area contributed by atoms with Gasteiger partial charge in [0.2, 0.25) is 0 Å². The van der Waals surface area contributed by atoms with E-state index in [1.165, 1.54) is 135 Å². The number of ether oxygens (including phenoxy) is 2. The van der Waals surface area contributed by atoms with Crippen LogP contribution in [-0.2, 0) is 19.1 Å². The second kappa shape index (κ2) is 36.1. The van der Waals surface area contributed by atoms with Gasteiger partial charge in [0.1, 0.15) is 6.61 Å². The highest BCUT2D eigenvalue weighted by Gasteiger charge is 2.16. The van der Waals surface area contributed by atoms with Crippen LogP contribution in [0.3, 0.4) is 0 Å². The van der Waals surface area contributed by atoms with Crippen LogP contribution >= 0.6 is 0 Å². The predicted molar refractivity (Wildman–Crippen MR) is 187 cm³/mol. The summed E-state index contributed by atoms with van der Waals surface area (Å²) >= 11 is 0. The monoisotopic (exact) mass is 623 g/mol. The van der Waals surface area contributed by atoms with Crippen molar-refractivity contribution in [1.82, 2.24) is 0 Å². The van der Waals surface area contributed by atoms with Gasteiger partial charge in [-0.1, -0.05) is 167 Å². The van der Waals surface area contributed by atoms with Crippen LogP contribution in [0.1, 0.15) is 206 Å². The molecule has 5 nitrogen and oxygen atoms in total. The summed E-state index contributed by atoms with van der Waals surface area (Å²) in [7, 11) is 0. The molecule has 1 N–H and O–H groups in total. The summed E-state index contributed by atoms with van der Waals surface area (Å²) in [6.45, 7) is 4.14. The summed E-state index contributed by atoms with van der Waals surface area (Å²) in [4.78, 5) is 24.2. The Morgan fingerprint density at radius 2 is 0.841 bits per heavy atom. The topological polar surface area (TPSA) is 72.8 Å². The Labute approximate surface area is 273 Å². The molecule has 0 radical (unpaired) electrons. The standard InChI is InChI=1S/C39H74O5/c1-3-5-7-9-11-13-15-17-19-21-23-25-27-29-31-33-38(41)43-36-37(35-40)44-39(42)34-32-30-28-26-24-22-20-18-16-14-12-10-8-6-4-2/h18,20,37,40H,3-17,19,21-36H2,1-2H3/b20-18+. The van der Waals surface area contributed by atoms with Gasteiger partial charge in [0.15, 0.2) is 6.10 Å². The highest BCUT2D eigenvalue weighted by Crippen LogP contribution is 2.14. The Morgan fingerprint density at radius 1 is 0.500 bits per heavy atom. The van der Waals surface area contributed by atoms with Crippen LogP contribution in [0.15, 0.2) is 12.2 Å². The van der Waals surface area contributed by atoms with Gasteiger partial charge in [-0.05, 0) is 38.5 Å². The molecule has 0 bridgehead atoms. The van der Waals surface area contributed by atoms with E-state index in [1.807, 2.05) is 0 Å². The van der Waals surface area contributed by atoms with Crippen molar-refractivity contribution in [3.63, 3.8) is 0 Å². The van der Waals surface area contributed by atoms with E-state index >= 15 is 0 Å². The molecule has 5 heteroatoms. The van der Waals surface area contributed by atoms with Crippen LogP contribution in [0.5, 0.6) is 0 Å². The fourth-order valence-corrected chi connectivity index (χ4v) is 5.61. The van der Waals surface area contributed by atoms with Gasteiger partial charge in [-0.3, -0.25) is 9.59 Å². The van der Waals surface area contributed by atoms with Gasteiger partial charge in [0.25, 0.3) is 0 Å². The molecule has 0 spiro atoms. The molecule has 0 aliphatic heterocycles. The average Bonchev–Trinajstić information content (AvgIpc) is 3.02. The van der Waals surface area contributed by atoms with Crippen LogP contribution in [-0.4, -0.2) is 36.4 Å². The molecule has 0 heterocycles. The van der Waals surface area contributed by atoms with E-state index < -0.39 is 6.10 Å². The predicted octanol–water partition coefficient (Wildman–Crippen LogP) is 11.7. The summed E-state index contributed by atoms with van der Waals surface area (Å²) in [5, 5.41) is 9.53. The molecule has 0 aromatic carbocycles. The maximum atomic E-state index is 12.1. The Morgan fingerprint density at radius 3 is 1.23 bits per heavy atom. The zero-order chi connectivity index (χ0) is 32.2. The molecular formula is C39H74O5. The Hall–Kier alpha value is -1.36. The third kappa shape index (κ3) is 33.5. The van der Waals surface area contributed by atoms with Crippen molar-refractivity contribution in [3.05, 3.63) is 12.2 Å². The average molecular weight is 623 g/mol. The molecule has 0 fully saturated rings. The SMILES string of the molecule is CCCCCCCC/C=C/CCCCCCCC(=O)OC(CO)COC(=O)CCCCCCCCCCCCCCCCC. The van der Waals surface area contributed by atoms with Gasteiger partial charge >= 0.3 is 11.9 Å². The number of carbonyl (C=O) groups is 2. The fraction of sp³-hybridized carbons (Fsp3) is 0.897. The first kappa shape index (κ1) is 42.6. The first-order chi connectivity index (χ1) is 21.6. The molecule has 0 aliphatic rings. The number of aliphatic hydroxyl groups is 1. The summed E-state index contributed by atoms with van der Waals surface area (Å²) < 4.78 is 10.6. The Balaban J connectivity index is 3.53. The zero-order valence-corrected chi connectivity index (χ0v) is 29.4. The highest BCUT2D eigenvalue weighted by atomic mass is 16.6. The first-order valence-electron chi connectivity index (χ1n) is 19.2. The molecule has 0 saturated heterocycles. The quantitative estimate of drug-likeness (QED) is 0.0432. The van der Waals surface area contributed by atoms with Crippen LogP contribution in [0.25, 0.3) is 0 Å². The van der Waals surface area contributed by atoms with Gasteiger partial charge in [-0.25, -0.2) is 0 Å². The zero-order valence-electron chi connectivity index (χ0n) is 29.4. The molecule has 0 saturated carbocycles. The number of carbonyl (C=O) groups excluding carboxylic acids is 2. The summed E-state index contributed by atoms with van der Waals surface area (Å²) in [5.74, 6) is -0.591. The van der Waals surface area contributed by atoms with Gasteiger partial charge in [-0.2, -0.15) is 0 Å². The summed E-state index contributed by atoms with van der Waals surface area (Å²) in [6, 6.07) is 0. The number of hydrogen-bond donors (Lipinski definition) is 1. The van der Waals surface area contributed by atoms with Crippen molar-refractivity contribution in [2.45, 2.75) is 213 Å². The van der Waals surface area contributed by atoms with E-state index in [1.54, 1.807) is 0 Å². The van der Waals surface area contributed by atoms with Gasteiger partial charge in [-0.15, -0.1) is 0 Å². The second-order valence-electron chi connectivity index (χ2n) is 13.0. The molecule has 260 valence electrons. The van der Waals surface area contributed by atoms with E-state index in [4.69, 9.17) is 9.47 Å². The highest BCUT2D eigenvalue weighted by molar-refractivity contribution is 5.70. The minimum atomic E-state index is -0.768. The van der Waals surface area contributed by atoms with Crippen molar-refractivity contribution in [2.75, 3.05) is 13.2 Å². The molecular weight excluding hydrogens is 548 g/mol. The molecule has 1 unspecified atom stereocenters. The van der Waals surface area contributed by atoms with Crippen LogP contribution in [0.4, 0.5) is 0 Å². The summed E-state index contributed by atoms with van der Waals surface area (Å²) in [5.41, 5.74) is 0. The van der Waals surface area contributed by atoms with Crippen LogP contribution in [0, 0.1) is 0 Å². The first-order valence-corrected chi connectivity index (χ1v) is 19.2. The van der Waals surface area contributed by atoms with E-state index in [0.717, 1.165) is 44.9 Å². The number of aliphatic hydroxyl groups excluding tert-OH is 1. The van der Waals surface area contributed by atoms with Crippen molar-refractivity contribution >= 4 is 11.9 Å². The van der Waals surface area contributed by atoms with E-state index in [0.29, 0.717) is 12.8 Å². The molecule has 0 aromatic heterocycles. The lowest BCUT2D eigenvalue weighted by Gasteiger charge is -2.15. The normalized spacial score (nSPS) is 12.2. The third-order valence-electron chi connectivity index (χ3n) is 8.56. The maximum Gasteiger partial charge on any atom is 0.306 e. The minimum Gasteiger partial charge on any atom is -0.462 e. The molecule has 0 aromatic rings. The Kier molecular flexibility index (Phi) is 35.0. The lowest BCUT2D eigenvalue weighted by atomic mass is 10.0. The third-order valence-corrected chi connectivity index (χ3v) is 8.56. The lowest BCUT2D eigenvalue weighted by molar-refractivity contribution is -0.161. The molecule has 0 rings (SSSR count). The number of unbranched alkanes of at least 4 members (excludes halogenated alkanes) is 25. The van der Waals surface area contributed by atoms with E-state index in [2.05, 4.69) is 26.0 Å². The van der Waals surface area contributed by atoms with Crippen molar-refractivity contribution in [2.24, 2.45) is 0 Å². The van der Waals surface area contributed by atoms with Gasteiger partial charge < -0.3 is 14.6 Å². The Bertz CT molecular complexity index is 632. The van der Waals surface area contributed by atoms with Gasteiger partial charge in [0.05, 0.1) is 6.61 Å². The molecule has 44 heavy (non-hydrogen) atoms. The molecule has 1 atom stereocenters. The largest absolute Gasteiger partial charge is 0.462 e. The number of rotatable bonds is 35.